The van der Waals surface area contributed by atoms with Crippen molar-refractivity contribution in [2.24, 2.45) is 17.6 Å². The quantitative estimate of drug-likeness (QED) is 0.570. The summed E-state index contributed by atoms with van der Waals surface area (Å²) in [6, 6.07) is 0.130. The molecule has 3 atom stereocenters. The van der Waals surface area contributed by atoms with Gasteiger partial charge in [0.2, 0.25) is 0 Å². The fraction of sp³-hybridized carbons (Fsp3) is 1.00. The summed E-state index contributed by atoms with van der Waals surface area (Å²) in [5.74, 6) is 0.648. The molecule has 0 aliphatic heterocycles. The van der Waals surface area contributed by atoms with Crippen molar-refractivity contribution in [2.45, 2.75) is 25.8 Å². The molecule has 0 saturated heterocycles. The molecule has 1 fully saturated rings. The highest BCUT2D eigenvalue weighted by Crippen LogP contribution is 2.30. The lowest BCUT2D eigenvalue weighted by Gasteiger charge is -2.14. The van der Waals surface area contributed by atoms with Crippen molar-refractivity contribution in [3.63, 3.8) is 0 Å². The van der Waals surface area contributed by atoms with Crippen molar-refractivity contribution in [2.75, 3.05) is 6.67 Å². The molecule has 1 nitrogen and oxygen atoms in total. The van der Waals surface area contributed by atoms with Gasteiger partial charge in [-0.2, -0.15) is 0 Å². The smallest absolute Gasteiger partial charge is 0.0939 e. The Hall–Kier alpha value is -0.110. The Kier molecular flexibility index (Phi) is 2.06. The molecule has 0 bridgehead atoms. The van der Waals surface area contributed by atoms with Crippen LogP contribution in [0.15, 0.2) is 0 Å². The molecule has 0 amide bonds. The number of alkyl halides is 1. The number of hydrogen-bond acceptors (Lipinski definition) is 1. The molecule has 54 valence electrons. The van der Waals surface area contributed by atoms with E-state index in [0.29, 0.717) is 5.92 Å². The average Bonchev–Trinajstić information content (AvgIpc) is 2.12. The molecule has 1 rings (SSSR count). The first kappa shape index (κ1) is 7.00. The van der Waals surface area contributed by atoms with Crippen LogP contribution in [-0.4, -0.2) is 12.7 Å². The van der Waals surface area contributed by atoms with Gasteiger partial charge in [0.05, 0.1) is 6.67 Å². The standard InChI is InChI=1S/C7H14FN/c1-5-2-3-7(9)6(5)4-8/h5-7H,2-4,9H2,1H3/t5-,6-,7+/m1/s1. The third kappa shape index (κ3) is 1.23. The normalized spacial score (nSPS) is 43.7. The van der Waals surface area contributed by atoms with Gasteiger partial charge in [-0.3, -0.25) is 4.39 Å². The summed E-state index contributed by atoms with van der Waals surface area (Å²) in [5.41, 5.74) is 5.64. The maximum Gasteiger partial charge on any atom is 0.0939 e. The molecule has 0 spiro atoms. The molecule has 2 heteroatoms. The van der Waals surface area contributed by atoms with E-state index in [1.165, 1.54) is 0 Å². The van der Waals surface area contributed by atoms with Gasteiger partial charge in [0.25, 0.3) is 0 Å². The number of hydrogen-bond donors (Lipinski definition) is 1. The van der Waals surface area contributed by atoms with E-state index in [-0.39, 0.29) is 18.6 Å². The molecule has 0 aromatic carbocycles. The fourth-order valence-electron chi connectivity index (χ4n) is 1.57. The van der Waals surface area contributed by atoms with Crippen LogP contribution in [-0.2, 0) is 0 Å². The minimum Gasteiger partial charge on any atom is -0.327 e. The molecule has 0 aromatic rings. The van der Waals surface area contributed by atoms with Gasteiger partial charge < -0.3 is 5.73 Å². The van der Waals surface area contributed by atoms with E-state index >= 15 is 0 Å². The van der Waals surface area contributed by atoms with Gasteiger partial charge in [-0.05, 0) is 18.8 Å². The third-order valence-electron chi connectivity index (χ3n) is 2.41. The second-order valence-corrected chi connectivity index (χ2v) is 3.04. The first-order valence-corrected chi connectivity index (χ1v) is 3.57. The van der Waals surface area contributed by atoms with Crippen LogP contribution in [0.1, 0.15) is 19.8 Å². The number of rotatable bonds is 1. The van der Waals surface area contributed by atoms with E-state index in [9.17, 15) is 4.39 Å². The highest BCUT2D eigenvalue weighted by Gasteiger charge is 2.30. The van der Waals surface area contributed by atoms with Gasteiger partial charge >= 0.3 is 0 Å². The molecule has 0 unspecified atom stereocenters. The maximum absolute atomic E-state index is 12.1. The van der Waals surface area contributed by atoms with Crippen LogP contribution >= 0.6 is 0 Å². The summed E-state index contributed by atoms with van der Waals surface area (Å²) in [7, 11) is 0. The SMILES string of the molecule is C[C@@H]1CC[C@H](N)[C@@H]1CF. The Balaban J connectivity index is 2.44. The second-order valence-electron chi connectivity index (χ2n) is 3.04. The van der Waals surface area contributed by atoms with Crippen molar-refractivity contribution in [1.29, 1.82) is 0 Å². The molecule has 9 heavy (non-hydrogen) atoms. The van der Waals surface area contributed by atoms with Crippen molar-refractivity contribution in [1.82, 2.24) is 0 Å². The summed E-state index contributed by atoms with van der Waals surface area (Å²) < 4.78 is 12.1. The fourth-order valence-corrected chi connectivity index (χ4v) is 1.57. The van der Waals surface area contributed by atoms with Crippen molar-refractivity contribution in [3.8, 4) is 0 Å². The molecule has 1 aliphatic carbocycles. The first-order valence-electron chi connectivity index (χ1n) is 3.57. The molecule has 2 N–H and O–H groups in total. The van der Waals surface area contributed by atoms with Gasteiger partial charge in [-0.25, -0.2) is 0 Å². The van der Waals surface area contributed by atoms with Crippen LogP contribution in [0.2, 0.25) is 0 Å². The molecular weight excluding hydrogens is 117 g/mol. The summed E-state index contributed by atoms with van der Waals surface area (Å²) in [5, 5.41) is 0. The Morgan fingerprint density at radius 3 is 2.44 bits per heavy atom. The van der Waals surface area contributed by atoms with E-state index in [1.54, 1.807) is 0 Å². The van der Waals surface area contributed by atoms with Crippen molar-refractivity contribution >= 4 is 0 Å². The molecule has 0 aromatic heterocycles. The molecule has 0 radical (unpaired) electrons. The summed E-state index contributed by atoms with van der Waals surface area (Å²) in [6.07, 6.45) is 2.12. The third-order valence-corrected chi connectivity index (χ3v) is 2.41. The predicted molar refractivity (Wildman–Crippen MR) is 35.8 cm³/mol. The van der Waals surface area contributed by atoms with Crippen LogP contribution in [0, 0.1) is 11.8 Å². The van der Waals surface area contributed by atoms with Crippen molar-refractivity contribution < 1.29 is 4.39 Å². The Morgan fingerprint density at radius 1 is 1.56 bits per heavy atom. The van der Waals surface area contributed by atoms with Crippen LogP contribution < -0.4 is 5.73 Å². The topological polar surface area (TPSA) is 26.0 Å². The van der Waals surface area contributed by atoms with Crippen LogP contribution in [0.25, 0.3) is 0 Å². The van der Waals surface area contributed by atoms with Crippen molar-refractivity contribution in [3.05, 3.63) is 0 Å². The minimum atomic E-state index is -0.234. The summed E-state index contributed by atoms with van der Waals surface area (Å²) in [6.45, 7) is 1.85. The van der Waals surface area contributed by atoms with Crippen LogP contribution in [0.3, 0.4) is 0 Å². The van der Waals surface area contributed by atoms with Gasteiger partial charge in [0.1, 0.15) is 0 Å². The van der Waals surface area contributed by atoms with Gasteiger partial charge in [-0.1, -0.05) is 6.92 Å². The lowest BCUT2D eigenvalue weighted by molar-refractivity contribution is 0.289. The molecule has 1 saturated carbocycles. The van der Waals surface area contributed by atoms with Gasteiger partial charge in [0.15, 0.2) is 0 Å². The molecule has 1 aliphatic rings. The van der Waals surface area contributed by atoms with E-state index in [2.05, 4.69) is 6.92 Å². The van der Waals surface area contributed by atoms with E-state index in [1.807, 2.05) is 0 Å². The monoisotopic (exact) mass is 131 g/mol. The van der Waals surface area contributed by atoms with Crippen LogP contribution in [0.5, 0.6) is 0 Å². The maximum atomic E-state index is 12.1. The zero-order chi connectivity index (χ0) is 6.85. The van der Waals surface area contributed by atoms with Gasteiger partial charge in [-0.15, -0.1) is 0 Å². The second kappa shape index (κ2) is 2.65. The highest BCUT2D eigenvalue weighted by molar-refractivity contribution is 4.84. The Morgan fingerprint density at radius 2 is 2.22 bits per heavy atom. The van der Waals surface area contributed by atoms with Crippen LogP contribution in [0.4, 0.5) is 4.39 Å². The largest absolute Gasteiger partial charge is 0.327 e. The summed E-state index contributed by atoms with van der Waals surface area (Å²) >= 11 is 0. The van der Waals surface area contributed by atoms with E-state index in [4.69, 9.17) is 5.73 Å². The lowest BCUT2D eigenvalue weighted by atomic mass is 9.97. The first-order chi connectivity index (χ1) is 4.25. The highest BCUT2D eigenvalue weighted by atomic mass is 19.1. The summed E-state index contributed by atoms with van der Waals surface area (Å²) in [4.78, 5) is 0. The van der Waals surface area contributed by atoms with E-state index < -0.39 is 0 Å². The van der Waals surface area contributed by atoms with Gasteiger partial charge in [0, 0.05) is 12.0 Å². The van der Waals surface area contributed by atoms with E-state index in [0.717, 1.165) is 12.8 Å². The average molecular weight is 131 g/mol. The predicted octanol–water partition coefficient (Wildman–Crippen LogP) is 1.33. The number of nitrogens with two attached hydrogens (primary N) is 1. The number of halogens is 1. The minimum absolute atomic E-state index is 0.130. The Bertz CT molecular complexity index is 84.9. The zero-order valence-corrected chi connectivity index (χ0v) is 5.81. The Labute approximate surface area is 55.4 Å². The lowest BCUT2D eigenvalue weighted by Crippen LogP contribution is -2.28. The molecular formula is C7H14FN. The zero-order valence-electron chi connectivity index (χ0n) is 5.81. The molecule has 0 heterocycles.